The van der Waals surface area contributed by atoms with Crippen molar-refractivity contribution in [2.75, 3.05) is 6.54 Å². The fourth-order valence-electron chi connectivity index (χ4n) is 0.991. The summed E-state index contributed by atoms with van der Waals surface area (Å²) in [4.78, 5) is 0. The van der Waals surface area contributed by atoms with Crippen LogP contribution in [-0.4, -0.2) is 6.54 Å². The predicted octanol–water partition coefficient (Wildman–Crippen LogP) is 1.25. The van der Waals surface area contributed by atoms with Crippen molar-refractivity contribution in [3.63, 3.8) is 0 Å². The molecule has 0 aliphatic heterocycles. The Morgan fingerprint density at radius 2 is 2.38 bits per heavy atom. The van der Waals surface area contributed by atoms with Crippen molar-refractivity contribution in [2.45, 2.75) is 25.7 Å². The topological polar surface area (TPSA) is 26.0 Å². The summed E-state index contributed by atoms with van der Waals surface area (Å²) in [7, 11) is 0. The molecule has 8 heavy (non-hydrogen) atoms. The maximum absolute atomic E-state index is 5.40. The standard InChI is InChI=1S/C7H12N/c8-6-7-4-2-1-3-5-7/h1-4,6,8H2. The Bertz CT molecular complexity index is 94.6. The zero-order valence-electron chi connectivity index (χ0n) is 5.11. The van der Waals surface area contributed by atoms with Gasteiger partial charge in [0.15, 0.2) is 0 Å². The summed E-state index contributed by atoms with van der Waals surface area (Å²) in [5, 5.41) is 0. The second-order valence-corrected chi connectivity index (χ2v) is 2.19. The lowest BCUT2D eigenvalue weighted by Gasteiger charge is -2.08. The molecule has 0 aromatic rings. The van der Waals surface area contributed by atoms with Crippen molar-refractivity contribution in [3.05, 3.63) is 11.6 Å². The molecule has 0 amide bonds. The van der Waals surface area contributed by atoms with Gasteiger partial charge >= 0.3 is 0 Å². The van der Waals surface area contributed by atoms with Crippen LogP contribution in [0.3, 0.4) is 0 Å². The number of nitrogens with two attached hydrogens (primary N) is 1. The van der Waals surface area contributed by atoms with Crippen molar-refractivity contribution in [2.24, 2.45) is 5.73 Å². The molecule has 0 fully saturated rings. The van der Waals surface area contributed by atoms with Crippen LogP contribution in [0.1, 0.15) is 25.7 Å². The molecule has 1 heteroatoms. The normalized spacial score (nSPS) is 20.4. The van der Waals surface area contributed by atoms with E-state index in [9.17, 15) is 0 Å². The van der Waals surface area contributed by atoms with Gasteiger partial charge in [-0.2, -0.15) is 0 Å². The van der Waals surface area contributed by atoms with Crippen molar-refractivity contribution in [3.8, 4) is 0 Å². The van der Waals surface area contributed by atoms with Crippen LogP contribution in [0.2, 0.25) is 0 Å². The van der Waals surface area contributed by atoms with Gasteiger partial charge in [0, 0.05) is 6.54 Å². The minimum absolute atomic E-state index is 0.722. The lowest BCUT2D eigenvalue weighted by atomic mass is 10.0. The van der Waals surface area contributed by atoms with Crippen LogP contribution in [0, 0.1) is 6.08 Å². The van der Waals surface area contributed by atoms with Crippen molar-refractivity contribution < 1.29 is 0 Å². The Labute approximate surface area is 50.6 Å². The van der Waals surface area contributed by atoms with Gasteiger partial charge < -0.3 is 5.73 Å². The average Bonchev–Trinajstić information content (AvgIpc) is 1.90. The van der Waals surface area contributed by atoms with Gasteiger partial charge in [-0.05, 0) is 31.8 Å². The first kappa shape index (κ1) is 5.83. The molecule has 0 atom stereocenters. The Kier molecular flexibility index (Phi) is 2.10. The number of allylic oxidation sites excluding steroid dienone is 1. The minimum atomic E-state index is 0.722. The quantitative estimate of drug-likeness (QED) is 0.540. The summed E-state index contributed by atoms with van der Waals surface area (Å²) in [6.45, 7) is 0.722. The van der Waals surface area contributed by atoms with E-state index in [1.807, 2.05) is 0 Å². The summed E-state index contributed by atoms with van der Waals surface area (Å²) in [6, 6.07) is 0. The third-order valence-corrected chi connectivity index (χ3v) is 1.53. The van der Waals surface area contributed by atoms with Gasteiger partial charge in [0.1, 0.15) is 0 Å². The van der Waals surface area contributed by atoms with Crippen LogP contribution < -0.4 is 5.73 Å². The lowest BCUT2D eigenvalue weighted by Crippen LogP contribution is -2.05. The van der Waals surface area contributed by atoms with Crippen LogP contribution in [0.25, 0.3) is 0 Å². The van der Waals surface area contributed by atoms with Crippen molar-refractivity contribution in [1.29, 1.82) is 0 Å². The van der Waals surface area contributed by atoms with E-state index in [0.29, 0.717) is 0 Å². The van der Waals surface area contributed by atoms with Crippen LogP contribution in [0.15, 0.2) is 5.57 Å². The SMILES string of the molecule is NCC1=[C]CCCC1. The van der Waals surface area contributed by atoms with Gasteiger partial charge in [-0.3, -0.25) is 0 Å². The molecule has 1 nitrogen and oxygen atoms in total. The van der Waals surface area contributed by atoms with Gasteiger partial charge in [0.2, 0.25) is 0 Å². The molecular formula is C7H12N. The first-order valence-corrected chi connectivity index (χ1v) is 3.22. The summed E-state index contributed by atoms with van der Waals surface area (Å²) in [6.07, 6.45) is 8.21. The van der Waals surface area contributed by atoms with Crippen molar-refractivity contribution in [1.82, 2.24) is 0 Å². The largest absolute Gasteiger partial charge is 0.327 e. The molecule has 0 unspecified atom stereocenters. The molecule has 45 valence electrons. The zero-order chi connectivity index (χ0) is 5.82. The van der Waals surface area contributed by atoms with E-state index in [1.54, 1.807) is 0 Å². The van der Waals surface area contributed by atoms with Gasteiger partial charge in [-0.1, -0.05) is 5.57 Å². The third kappa shape index (κ3) is 1.34. The highest BCUT2D eigenvalue weighted by molar-refractivity contribution is 5.00. The lowest BCUT2D eigenvalue weighted by molar-refractivity contribution is 0.679. The molecular weight excluding hydrogens is 98.1 g/mol. The average molecular weight is 110 g/mol. The fourth-order valence-corrected chi connectivity index (χ4v) is 0.991. The summed E-state index contributed by atoms with van der Waals surface area (Å²) in [5.41, 5.74) is 6.73. The maximum atomic E-state index is 5.40. The highest BCUT2D eigenvalue weighted by Gasteiger charge is 1.99. The van der Waals surface area contributed by atoms with E-state index >= 15 is 0 Å². The van der Waals surface area contributed by atoms with E-state index in [0.717, 1.165) is 13.0 Å². The monoisotopic (exact) mass is 110 g/mol. The molecule has 0 aromatic carbocycles. The highest BCUT2D eigenvalue weighted by atomic mass is 14.5. The Morgan fingerprint density at radius 1 is 1.50 bits per heavy atom. The second kappa shape index (κ2) is 2.88. The first-order valence-electron chi connectivity index (χ1n) is 3.22. The number of rotatable bonds is 1. The van der Waals surface area contributed by atoms with E-state index in [-0.39, 0.29) is 0 Å². The van der Waals surface area contributed by atoms with Crippen molar-refractivity contribution >= 4 is 0 Å². The molecule has 0 saturated heterocycles. The van der Waals surface area contributed by atoms with Crippen LogP contribution >= 0.6 is 0 Å². The molecule has 1 aliphatic rings. The molecule has 2 N–H and O–H groups in total. The number of hydrogen-bond acceptors (Lipinski definition) is 1. The third-order valence-electron chi connectivity index (χ3n) is 1.53. The van der Waals surface area contributed by atoms with Gasteiger partial charge in [-0.25, -0.2) is 0 Å². The Hall–Kier alpha value is -0.300. The molecule has 1 aliphatic carbocycles. The summed E-state index contributed by atoms with van der Waals surface area (Å²) < 4.78 is 0. The highest BCUT2D eigenvalue weighted by Crippen LogP contribution is 2.14. The van der Waals surface area contributed by atoms with Crippen LogP contribution in [0.5, 0.6) is 0 Å². The predicted molar refractivity (Wildman–Crippen MR) is 34.3 cm³/mol. The maximum Gasteiger partial charge on any atom is 0.0142 e. The molecule has 0 aromatic heterocycles. The Morgan fingerprint density at radius 3 is 2.75 bits per heavy atom. The van der Waals surface area contributed by atoms with Crippen LogP contribution in [0.4, 0.5) is 0 Å². The van der Waals surface area contributed by atoms with Gasteiger partial charge in [0.05, 0.1) is 0 Å². The molecule has 1 radical (unpaired) electrons. The number of hydrogen-bond donors (Lipinski definition) is 1. The van der Waals surface area contributed by atoms with E-state index in [2.05, 4.69) is 6.08 Å². The summed E-state index contributed by atoms with van der Waals surface area (Å²) >= 11 is 0. The minimum Gasteiger partial charge on any atom is -0.327 e. The van der Waals surface area contributed by atoms with Gasteiger partial charge in [0.25, 0.3) is 0 Å². The smallest absolute Gasteiger partial charge is 0.0142 e. The molecule has 0 saturated carbocycles. The first-order chi connectivity index (χ1) is 3.93. The molecule has 0 heterocycles. The fraction of sp³-hybridized carbons (Fsp3) is 0.714. The summed E-state index contributed by atoms with van der Waals surface area (Å²) in [5.74, 6) is 0. The van der Waals surface area contributed by atoms with E-state index < -0.39 is 0 Å². The van der Waals surface area contributed by atoms with E-state index in [4.69, 9.17) is 5.73 Å². The van der Waals surface area contributed by atoms with Crippen LogP contribution in [-0.2, 0) is 0 Å². The van der Waals surface area contributed by atoms with Gasteiger partial charge in [-0.15, -0.1) is 0 Å². The molecule has 0 spiro atoms. The second-order valence-electron chi connectivity index (χ2n) is 2.19. The van der Waals surface area contributed by atoms with E-state index in [1.165, 1.54) is 24.8 Å². The Balaban J connectivity index is 2.37. The molecule has 0 bridgehead atoms. The molecule has 1 rings (SSSR count). The zero-order valence-corrected chi connectivity index (χ0v) is 5.11.